The quantitative estimate of drug-likeness (QED) is 0.835. The Labute approximate surface area is 112 Å². The molecule has 0 radical (unpaired) electrons. The van der Waals surface area contributed by atoms with Crippen molar-refractivity contribution in [3.8, 4) is 0 Å². The molecule has 1 fully saturated rings. The summed E-state index contributed by atoms with van der Waals surface area (Å²) in [5.41, 5.74) is 1.05. The lowest BCUT2D eigenvalue weighted by Crippen LogP contribution is -2.35. The third-order valence-electron chi connectivity index (χ3n) is 3.20. The van der Waals surface area contributed by atoms with Crippen molar-refractivity contribution >= 4 is 17.5 Å². The van der Waals surface area contributed by atoms with Gasteiger partial charge in [0.15, 0.2) is 0 Å². The first-order chi connectivity index (χ1) is 8.58. The van der Waals surface area contributed by atoms with Gasteiger partial charge in [-0.3, -0.25) is 4.79 Å². The van der Waals surface area contributed by atoms with Crippen molar-refractivity contribution in [1.29, 1.82) is 0 Å². The van der Waals surface area contributed by atoms with Gasteiger partial charge in [-0.2, -0.15) is 0 Å². The van der Waals surface area contributed by atoms with Gasteiger partial charge in [-0.1, -0.05) is 19.8 Å². The lowest BCUT2D eigenvalue weighted by molar-refractivity contribution is 0.0927. The summed E-state index contributed by atoms with van der Waals surface area (Å²) in [6, 6.07) is 1.89. The van der Waals surface area contributed by atoms with E-state index in [0.29, 0.717) is 11.4 Å². The highest BCUT2D eigenvalue weighted by Gasteiger charge is 2.26. The normalized spacial score (nSPS) is 16.4. The van der Waals surface area contributed by atoms with E-state index in [9.17, 15) is 4.79 Å². The smallest absolute Gasteiger partial charge is 0.270 e. The Hall–Kier alpha value is -1.16. The number of aromatic nitrogens is 2. The van der Waals surface area contributed by atoms with Crippen LogP contribution in [0.25, 0.3) is 0 Å². The predicted octanol–water partition coefficient (Wildman–Crippen LogP) is 2.75. The van der Waals surface area contributed by atoms with Gasteiger partial charge in [0.25, 0.3) is 5.91 Å². The second-order valence-corrected chi connectivity index (χ2v) is 5.26. The molecule has 1 amide bonds. The zero-order valence-electron chi connectivity index (χ0n) is 10.7. The van der Waals surface area contributed by atoms with E-state index >= 15 is 0 Å². The van der Waals surface area contributed by atoms with Crippen molar-refractivity contribution in [2.24, 2.45) is 5.92 Å². The molecule has 4 nitrogen and oxygen atoms in total. The molecule has 1 atom stereocenters. The van der Waals surface area contributed by atoms with E-state index in [-0.39, 0.29) is 17.2 Å². The van der Waals surface area contributed by atoms with Gasteiger partial charge >= 0.3 is 0 Å². The number of nitrogens with one attached hydrogen (secondary N) is 1. The van der Waals surface area contributed by atoms with Crippen LogP contribution in [0.2, 0.25) is 5.28 Å². The molecule has 0 bridgehead atoms. The summed E-state index contributed by atoms with van der Waals surface area (Å²) < 4.78 is 0. The van der Waals surface area contributed by atoms with Gasteiger partial charge < -0.3 is 5.32 Å². The molecule has 5 heteroatoms. The average molecular weight is 268 g/mol. The molecule has 1 aromatic heterocycles. The van der Waals surface area contributed by atoms with Crippen LogP contribution in [0.1, 0.15) is 48.8 Å². The minimum absolute atomic E-state index is 0.121. The molecule has 18 heavy (non-hydrogen) atoms. The highest BCUT2D eigenvalue weighted by molar-refractivity contribution is 6.28. The molecule has 1 aliphatic carbocycles. The lowest BCUT2D eigenvalue weighted by Gasteiger charge is -2.16. The molecule has 1 N–H and O–H groups in total. The molecule has 1 heterocycles. The van der Waals surface area contributed by atoms with Crippen molar-refractivity contribution in [1.82, 2.24) is 15.3 Å². The van der Waals surface area contributed by atoms with Crippen LogP contribution in [0.5, 0.6) is 0 Å². The number of nitrogens with zero attached hydrogens (tertiary/aromatic N) is 2. The fraction of sp³-hybridized carbons (Fsp3) is 0.615. The minimum Gasteiger partial charge on any atom is -0.348 e. The van der Waals surface area contributed by atoms with Crippen LogP contribution in [0.4, 0.5) is 0 Å². The summed E-state index contributed by atoms with van der Waals surface area (Å²) in [5.74, 6) is 0.640. The first kappa shape index (κ1) is 13.3. The van der Waals surface area contributed by atoms with Crippen LogP contribution >= 0.6 is 11.6 Å². The number of halogens is 1. The van der Waals surface area contributed by atoms with Crippen LogP contribution < -0.4 is 5.32 Å². The number of carbonyl (C=O) groups is 1. The van der Waals surface area contributed by atoms with Crippen molar-refractivity contribution in [3.63, 3.8) is 0 Å². The number of hydrogen-bond donors (Lipinski definition) is 1. The highest BCUT2D eigenvalue weighted by Crippen LogP contribution is 2.34. The number of hydrogen-bond acceptors (Lipinski definition) is 3. The zero-order chi connectivity index (χ0) is 13.1. The van der Waals surface area contributed by atoms with Crippen molar-refractivity contribution in [2.45, 2.75) is 45.6 Å². The summed E-state index contributed by atoms with van der Waals surface area (Å²) in [6.07, 6.45) is 4.61. The van der Waals surface area contributed by atoms with E-state index in [0.717, 1.165) is 18.8 Å². The van der Waals surface area contributed by atoms with E-state index in [1.54, 1.807) is 13.0 Å². The largest absolute Gasteiger partial charge is 0.348 e. The summed E-state index contributed by atoms with van der Waals surface area (Å²) in [5, 5.41) is 3.14. The molecule has 1 aromatic rings. The van der Waals surface area contributed by atoms with Crippen LogP contribution in [0.3, 0.4) is 0 Å². The second kappa shape index (κ2) is 5.65. The van der Waals surface area contributed by atoms with E-state index in [4.69, 9.17) is 11.6 Å². The summed E-state index contributed by atoms with van der Waals surface area (Å²) in [7, 11) is 0. The van der Waals surface area contributed by atoms with Crippen molar-refractivity contribution in [2.75, 3.05) is 0 Å². The molecule has 98 valence electrons. The standard InChI is InChI=1S/C13H18ClN3O/c1-3-10(7-9-4-5-9)16-12(18)11-6-8(2)15-13(14)17-11/h6,9-10H,3-5,7H2,1-2H3,(H,16,18). The van der Waals surface area contributed by atoms with Gasteiger partial charge in [0.05, 0.1) is 0 Å². The Balaban J connectivity index is 2.00. The lowest BCUT2D eigenvalue weighted by atomic mass is 10.1. The second-order valence-electron chi connectivity index (χ2n) is 4.92. The Morgan fingerprint density at radius 1 is 1.56 bits per heavy atom. The Morgan fingerprint density at radius 2 is 2.28 bits per heavy atom. The first-order valence-electron chi connectivity index (χ1n) is 6.40. The molecular formula is C13H18ClN3O. The average Bonchev–Trinajstić information content (AvgIpc) is 3.10. The van der Waals surface area contributed by atoms with Gasteiger partial charge in [-0.15, -0.1) is 0 Å². The first-order valence-corrected chi connectivity index (χ1v) is 6.78. The topological polar surface area (TPSA) is 54.9 Å². The number of amides is 1. The fourth-order valence-electron chi connectivity index (χ4n) is 1.99. The van der Waals surface area contributed by atoms with E-state index in [1.807, 2.05) is 0 Å². The molecule has 2 rings (SSSR count). The zero-order valence-corrected chi connectivity index (χ0v) is 11.5. The van der Waals surface area contributed by atoms with Gasteiger partial charge in [-0.25, -0.2) is 9.97 Å². The van der Waals surface area contributed by atoms with Crippen LogP contribution in [0.15, 0.2) is 6.07 Å². The Kier molecular flexibility index (Phi) is 4.17. The molecule has 0 spiro atoms. The maximum Gasteiger partial charge on any atom is 0.270 e. The SMILES string of the molecule is CCC(CC1CC1)NC(=O)c1cc(C)nc(Cl)n1. The van der Waals surface area contributed by atoms with Gasteiger partial charge in [-0.05, 0) is 43.4 Å². The molecular weight excluding hydrogens is 250 g/mol. The monoisotopic (exact) mass is 267 g/mol. The van der Waals surface area contributed by atoms with Crippen LogP contribution in [-0.2, 0) is 0 Å². The molecule has 1 unspecified atom stereocenters. The van der Waals surface area contributed by atoms with Gasteiger partial charge in [0.1, 0.15) is 5.69 Å². The minimum atomic E-state index is -0.157. The third-order valence-corrected chi connectivity index (χ3v) is 3.37. The van der Waals surface area contributed by atoms with Crippen molar-refractivity contribution < 1.29 is 4.79 Å². The fourth-order valence-corrected chi connectivity index (χ4v) is 2.22. The third kappa shape index (κ3) is 3.67. The number of rotatable bonds is 5. The summed E-state index contributed by atoms with van der Waals surface area (Å²) >= 11 is 5.76. The Bertz CT molecular complexity index is 426. The van der Waals surface area contributed by atoms with Crippen LogP contribution in [0, 0.1) is 12.8 Å². The number of aryl methyl sites for hydroxylation is 1. The van der Waals surface area contributed by atoms with E-state index in [1.165, 1.54) is 12.8 Å². The van der Waals surface area contributed by atoms with Gasteiger partial charge in [0, 0.05) is 11.7 Å². The molecule has 1 aliphatic rings. The van der Waals surface area contributed by atoms with Crippen molar-refractivity contribution in [3.05, 3.63) is 22.7 Å². The molecule has 0 aliphatic heterocycles. The molecule has 0 aromatic carbocycles. The highest BCUT2D eigenvalue weighted by atomic mass is 35.5. The summed E-state index contributed by atoms with van der Waals surface area (Å²) in [6.45, 7) is 3.89. The predicted molar refractivity (Wildman–Crippen MR) is 70.7 cm³/mol. The Morgan fingerprint density at radius 3 is 2.83 bits per heavy atom. The molecule has 1 saturated carbocycles. The van der Waals surface area contributed by atoms with E-state index < -0.39 is 0 Å². The summed E-state index contributed by atoms with van der Waals surface area (Å²) in [4.78, 5) is 20.0. The van der Waals surface area contributed by atoms with Crippen LogP contribution in [-0.4, -0.2) is 21.9 Å². The van der Waals surface area contributed by atoms with Gasteiger partial charge in [0.2, 0.25) is 5.28 Å². The van der Waals surface area contributed by atoms with E-state index in [2.05, 4.69) is 22.2 Å². The number of carbonyl (C=O) groups excluding carboxylic acids is 1. The maximum absolute atomic E-state index is 12.1. The molecule has 0 saturated heterocycles. The maximum atomic E-state index is 12.1.